The molecule has 0 aromatic carbocycles. The molecule has 0 bridgehead atoms. The highest BCUT2D eigenvalue weighted by Crippen LogP contribution is 2.13. The minimum Gasteiger partial charge on any atom is -0.480 e. The van der Waals surface area contributed by atoms with Crippen molar-refractivity contribution in [1.82, 2.24) is 5.32 Å². The molecule has 0 saturated heterocycles. The van der Waals surface area contributed by atoms with E-state index < -0.39 is 11.5 Å². The van der Waals surface area contributed by atoms with Crippen LogP contribution >= 0.6 is 0 Å². The van der Waals surface area contributed by atoms with E-state index in [4.69, 9.17) is 14.6 Å². The summed E-state index contributed by atoms with van der Waals surface area (Å²) in [5.74, 6) is -0.810. The molecule has 0 saturated carbocycles. The Hall–Kier alpha value is -0.650. The molecule has 108 valence electrons. The van der Waals surface area contributed by atoms with Gasteiger partial charge in [0.05, 0.1) is 12.7 Å². The molecule has 5 heteroatoms. The predicted octanol–water partition coefficient (Wildman–Crippen LogP) is 1.66. The normalized spacial score (nSPS) is 16.2. The molecule has 2 unspecified atom stereocenters. The van der Waals surface area contributed by atoms with Crippen LogP contribution in [0.1, 0.15) is 40.0 Å². The lowest BCUT2D eigenvalue weighted by molar-refractivity contribution is -0.144. The Morgan fingerprint density at radius 3 is 2.61 bits per heavy atom. The molecule has 0 aliphatic rings. The lowest BCUT2D eigenvalue weighted by Crippen LogP contribution is -2.47. The van der Waals surface area contributed by atoms with E-state index in [9.17, 15) is 4.79 Å². The maximum atomic E-state index is 11.0. The van der Waals surface area contributed by atoms with Crippen LogP contribution in [0.2, 0.25) is 0 Å². The van der Waals surface area contributed by atoms with Gasteiger partial charge in [-0.05, 0) is 47.1 Å². The second-order valence-electron chi connectivity index (χ2n) is 4.69. The second-order valence-corrected chi connectivity index (χ2v) is 4.69. The second kappa shape index (κ2) is 9.30. The molecule has 2 N–H and O–H groups in total. The van der Waals surface area contributed by atoms with Crippen LogP contribution in [0.25, 0.3) is 0 Å². The largest absolute Gasteiger partial charge is 0.480 e. The number of rotatable bonds is 11. The Kier molecular flexibility index (Phi) is 8.97. The molecule has 0 radical (unpaired) electrons. The number of likely N-dealkylation sites (N-methyl/N-ethyl adjacent to an activating group) is 1. The minimum absolute atomic E-state index is 0.0973. The Bertz CT molecular complexity index is 235. The molecule has 0 aliphatic heterocycles. The Morgan fingerprint density at radius 2 is 2.11 bits per heavy atom. The van der Waals surface area contributed by atoms with Crippen molar-refractivity contribution in [3.63, 3.8) is 0 Å². The lowest BCUT2D eigenvalue weighted by Gasteiger charge is -2.24. The van der Waals surface area contributed by atoms with Crippen molar-refractivity contribution in [2.75, 3.05) is 26.9 Å². The number of aliphatic carboxylic acids is 1. The van der Waals surface area contributed by atoms with E-state index in [1.165, 1.54) is 0 Å². The fourth-order valence-corrected chi connectivity index (χ4v) is 1.54. The topological polar surface area (TPSA) is 67.8 Å². The first kappa shape index (κ1) is 17.4. The van der Waals surface area contributed by atoms with Gasteiger partial charge in [-0.1, -0.05) is 0 Å². The number of unbranched alkanes of at least 4 members (excludes halogenated alkanes) is 1. The van der Waals surface area contributed by atoms with Crippen LogP contribution in [-0.2, 0) is 14.3 Å². The Morgan fingerprint density at radius 1 is 1.44 bits per heavy atom. The van der Waals surface area contributed by atoms with Gasteiger partial charge < -0.3 is 19.9 Å². The number of hydrogen-bond acceptors (Lipinski definition) is 4. The van der Waals surface area contributed by atoms with Crippen LogP contribution in [0.5, 0.6) is 0 Å². The number of nitrogens with one attached hydrogen (secondary N) is 1. The van der Waals surface area contributed by atoms with Crippen molar-refractivity contribution in [2.24, 2.45) is 0 Å². The molecule has 18 heavy (non-hydrogen) atoms. The van der Waals surface area contributed by atoms with Crippen LogP contribution in [0.3, 0.4) is 0 Å². The zero-order chi connectivity index (χ0) is 14.0. The molecular weight excluding hydrogens is 234 g/mol. The van der Waals surface area contributed by atoms with E-state index in [1.54, 1.807) is 14.0 Å². The monoisotopic (exact) mass is 261 g/mol. The van der Waals surface area contributed by atoms with E-state index in [-0.39, 0.29) is 6.10 Å². The third kappa shape index (κ3) is 6.93. The van der Waals surface area contributed by atoms with Crippen molar-refractivity contribution in [3.8, 4) is 0 Å². The fourth-order valence-electron chi connectivity index (χ4n) is 1.54. The summed E-state index contributed by atoms with van der Waals surface area (Å²) in [6, 6.07) is 0. The number of ether oxygens (including phenoxy) is 2. The average molecular weight is 261 g/mol. The van der Waals surface area contributed by atoms with E-state index in [0.29, 0.717) is 26.2 Å². The first-order valence-electron chi connectivity index (χ1n) is 6.58. The van der Waals surface area contributed by atoms with Crippen molar-refractivity contribution < 1.29 is 19.4 Å². The summed E-state index contributed by atoms with van der Waals surface area (Å²) in [5.41, 5.74) is -0.836. The molecule has 0 spiro atoms. The minimum atomic E-state index is -0.836. The van der Waals surface area contributed by atoms with Gasteiger partial charge in [0.15, 0.2) is 0 Å². The van der Waals surface area contributed by atoms with Crippen molar-refractivity contribution in [3.05, 3.63) is 0 Å². The molecule has 0 heterocycles. The third-order valence-electron chi connectivity index (χ3n) is 3.05. The summed E-state index contributed by atoms with van der Waals surface area (Å²) in [6.45, 7) is 7.59. The van der Waals surface area contributed by atoms with E-state index in [1.807, 2.05) is 13.8 Å². The maximum Gasteiger partial charge on any atom is 0.323 e. The van der Waals surface area contributed by atoms with Crippen LogP contribution in [0.15, 0.2) is 0 Å². The van der Waals surface area contributed by atoms with Gasteiger partial charge in [0, 0.05) is 13.2 Å². The summed E-state index contributed by atoms with van der Waals surface area (Å²) in [5, 5.41) is 11.9. The molecule has 5 nitrogen and oxygen atoms in total. The van der Waals surface area contributed by atoms with Gasteiger partial charge in [0.2, 0.25) is 0 Å². The zero-order valence-electron chi connectivity index (χ0n) is 12.0. The molecule has 0 fully saturated rings. The number of hydrogen-bond donors (Lipinski definition) is 2. The smallest absolute Gasteiger partial charge is 0.323 e. The number of carboxylic acids is 1. The standard InChI is InChI=1S/C13H27NO4/c1-5-17-10-11(2)18-9-7-6-8-13(3,14-4)12(15)16/h11,14H,5-10H2,1-4H3,(H,15,16). The predicted molar refractivity (Wildman–Crippen MR) is 70.9 cm³/mol. The maximum absolute atomic E-state index is 11.0. The summed E-state index contributed by atoms with van der Waals surface area (Å²) in [6.07, 6.45) is 2.38. The molecular formula is C13H27NO4. The SMILES string of the molecule is CCOCC(C)OCCCCC(C)(NC)C(=O)O. The van der Waals surface area contributed by atoms with Crippen LogP contribution in [-0.4, -0.2) is 49.6 Å². The summed E-state index contributed by atoms with van der Waals surface area (Å²) >= 11 is 0. The third-order valence-corrected chi connectivity index (χ3v) is 3.05. The molecule has 0 aromatic heterocycles. The van der Waals surface area contributed by atoms with E-state index >= 15 is 0 Å². The average Bonchev–Trinajstić information content (AvgIpc) is 2.35. The summed E-state index contributed by atoms with van der Waals surface area (Å²) in [7, 11) is 1.68. The molecule has 0 rings (SSSR count). The first-order valence-corrected chi connectivity index (χ1v) is 6.58. The van der Waals surface area contributed by atoms with Crippen LogP contribution in [0, 0.1) is 0 Å². The summed E-state index contributed by atoms with van der Waals surface area (Å²) in [4.78, 5) is 11.0. The van der Waals surface area contributed by atoms with Gasteiger partial charge in [0.1, 0.15) is 5.54 Å². The van der Waals surface area contributed by atoms with Crippen molar-refractivity contribution >= 4 is 5.97 Å². The molecule has 0 aliphatic carbocycles. The quantitative estimate of drug-likeness (QED) is 0.554. The Balaban J connectivity index is 3.64. The van der Waals surface area contributed by atoms with Crippen LogP contribution < -0.4 is 5.32 Å². The zero-order valence-corrected chi connectivity index (χ0v) is 12.0. The van der Waals surface area contributed by atoms with Crippen LogP contribution in [0.4, 0.5) is 0 Å². The van der Waals surface area contributed by atoms with Gasteiger partial charge in [-0.25, -0.2) is 0 Å². The highest BCUT2D eigenvalue weighted by Gasteiger charge is 2.29. The fraction of sp³-hybridized carbons (Fsp3) is 0.923. The van der Waals surface area contributed by atoms with Gasteiger partial charge >= 0.3 is 5.97 Å². The lowest BCUT2D eigenvalue weighted by atomic mass is 9.95. The van der Waals surface area contributed by atoms with Gasteiger partial charge in [0.25, 0.3) is 0 Å². The van der Waals surface area contributed by atoms with Crippen molar-refractivity contribution in [2.45, 2.75) is 51.7 Å². The molecule has 0 amide bonds. The van der Waals surface area contributed by atoms with Gasteiger partial charge in [-0.3, -0.25) is 4.79 Å². The number of carboxylic acid groups (broad SMARTS) is 1. The van der Waals surface area contributed by atoms with Crippen molar-refractivity contribution in [1.29, 1.82) is 0 Å². The van der Waals surface area contributed by atoms with Gasteiger partial charge in [-0.15, -0.1) is 0 Å². The van der Waals surface area contributed by atoms with Gasteiger partial charge in [-0.2, -0.15) is 0 Å². The first-order chi connectivity index (χ1) is 8.46. The Labute approximate surface area is 110 Å². The van der Waals surface area contributed by atoms with E-state index in [0.717, 1.165) is 12.8 Å². The molecule has 2 atom stereocenters. The van der Waals surface area contributed by atoms with E-state index in [2.05, 4.69) is 5.32 Å². The highest BCUT2D eigenvalue weighted by molar-refractivity contribution is 5.78. The highest BCUT2D eigenvalue weighted by atomic mass is 16.5. The number of carbonyl (C=O) groups is 1. The summed E-state index contributed by atoms with van der Waals surface area (Å²) < 4.78 is 10.8. The molecule has 0 aromatic rings.